The smallest absolute Gasteiger partial charge is 0.317 e. The van der Waals surface area contributed by atoms with Crippen LogP contribution in [-0.2, 0) is 4.79 Å². The van der Waals surface area contributed by atoms with Crippen LogP contribution in [-0.4, -0.2) is 17.6 Å². The van der Waals surface area contributed by atoms with Crippen LogP contribution < -0.4 is 5.32 Å². The average Bonchev–Trinajstić information content (AvgIpc) is 2.15. The second-order valence-electron chi connectivity index (χ2n) is 3.05. The number of carboxylic acid groups (broad SMARTS) is 1. The van der Waals surface area contributed by atoms with Gasteiger partial charge in [-0.1, -0.05) is 23.7 Å². The first-order valence-corrected chi connectivity index (χ1v) is 4.68. The SMILES string of the molecule is CC(NCC(=O)O)c1ccc(Cl)cc1. The third-order valence-corrected chi connectivity index (χ3v) is 2.18. The minimum absolute atomic E-state index is 0.0170. The third-order valence-electron chi connectivity index (χ3n) is 1.93. The molecule has 0 aliphatic carbocycles. The van der Waals surface area contributed by atoms with Gasteiger partial charge in [0.05, 0.1) is 6.54 Å². The molecule has 76 valence electrons. The number of nitrogens with one attached hydrogen (secondary N) is 1. The van der Waals surface area contributed by atoms with Gasteiger partial charge in [0, 0.05) is 11.1 Å². The molecule has 0 aromatic heterocycles. The topological polar surface area (TPSA) is 49.3 Å². The van der Waals surface area contributed by atoms with E-state index in [9.17, 15) is 4.79 Å². The highest BCUT2D eigenvalue weighted by Crippen LogP contribution is 2.15. The van der Waals surface area contributed by atoms with E-state index in [4.69, 9.17) is 16.7 Å². The molecule has 0 aliphatic heterocycles. The van der Waals surface area contributed by atoms with Gasteiger partial charge in [0.25, 0.3) is 0 Å². The van der Waals surface area contributed by atoms with Crippen molar-refractivity contribution < 1.29 is 9.90 Å². The molecule has 0 radical (unpaired) electrons. The van der Waals surface area contributed by atoms with Gasteiger partial charge in [-0.25, -0.2) is 0 Å². The van der Waals surface area contributed by atoms with Crippen LogP contribution in [0.5, 0.6) is 0 Å². The van der Waals surface area contributed by atoms with Crippen LogP contribution in [0.1, 0.15) is 18.5 Å². The zero-order valence-corrected chi connectivity index (χ0v) is 8.58. The highest BCUT2D eigenvalue weighted by atomic mass is 35.5. The molecule has 0 aliphatic rings. The van der Waals surface area contributed by atoms with Gasteiger partial charge in [-0.05, 0) is 24.6 Å². The average molecular weight is 214 g/mol. The fraction of sp³-hybridized carbons (Fsp3) is 0.300. The summed E-state index contributed by atoms with van der Waals surface area (Å²) < 4.78 is 0. The van der Waals surface area contributed by atoms with Crippen LogP contribution in [0.25, 0.3) is 0 Å². The fourth-order valence-corrected chi connectivity index (χ4v) is 1.24. The molecule has 4 heteroatoms. The molecule has 2 N–H and O–H groups in total. The van der Waals surface area contributed by atoms with Crippen LogP contribution in [0, 0.1) is 0 Å². The summed E-state index contributed by atoms with van der Waals surface area (Å²) in [6, 6.07) is 7.35. The molecule has 1 rings (SSSR count). The van der Waals surface area contributed by atoms with Crippen molar-refractivity contribution >= 4 is 17.6 Å². The summed E-state index contributed by atoms with van der Waals surface area (Å²) >= 11 is 5.73. The van der Waals surface area contributed by atoms with Gasteiger partial charge in [-0.15, -0.1) is 0 Å². The Morgan fingerprint density at radius 2 is 2.07 bits per heavy atom. The molecule has 0 amide bonds. The summed E-state index contributed by atoms with van der Waals surface area (Å²) in [5.41, 5.74) is 1.02. The van der Waals surface area contributed by atoms with Gasteiger partial charge in [-0.2, -0.15) is 0 Å². The van der Waals surface area contributed by atoms with Crippen molar-refractivity contribution in [3.63, 3.8) is 0 Å². The maximum Gasteiger partial charge on any atom is 0.317 e. The van der Waals surface area contributed by atoms with E-state index >= 15 is 0 Å². The van der Waals surface area contributed by atoms with Crippen molar-refractivity contribution in [1.29, 1.82) is 0 Å². The monoisotopic (exact) mass is 213 g/mol. The van der Waals surface area contributed by atoms with Crippen LogP contribution in [0.15, 0.2) is 24.3 Å². The Bertz CT molecular complexity index is 310. The fourth-order valence-electron chi connectivity index (χ4n) is 1.11. The maximum atomic E-state index is 10.3. The predicted molar refractivity (Wildman–Crippen MR) is 55.5 cm³/mol. The first kappa shape index (κ1) is 11.0. The summed E-state index contributed by atoms with van der Waals surface area (Å²) in [4.78, 5) is 10.3. The highest BCUT2D eigenvalue weighted by molar-refractivity contribution is 6.30. The van der Waals surface area contributed by atoms with Crippen molar-refractivity contribution in [2.75, 3.05) is 6.54 Å². The Morgan fingerprint density at radius 3 is 2.57 bits per heavy atom. The number of aliphatic carboxylic acids is 1. The Kier molecular flexibility index (Phi) is 3.92. The lowest BCUT2D eigenvalue weighted by atomic mass is 10.1. The van der Waals surface area contributed by atoms with Gasteiger partial charge in [-0.3, -0.25) is 4.79 Å². The Balaban J connectivity index is 2.56. The molecule has 0 fully saturated rings. The van der Waals surface area contributed by atoms with Crippen LogP contribution >= 0.6 is 11.6 Å². The van der Waals surface area contributed by atoms with Crippen molar-refractivity contribution in [2.24, 2.45) is 0 Å². The number of rotatable bonds is 4. The van der Waals surface area contributed by atoms with E-state index in [0.29, 0.717) is 5.02 Å². The van der Waals surface area contributed by atoms with E-state index in [0.717, 1.165) is 5.56 Å². The molecule has 0 spiro atoms. The van der Waals surface area contributed by atoms with Crippen LogP contribution in [0.2, 0.25) is 5.02 Å². The molecule has 3 nitrogen and oxygen atoms in total. The Morgan fingerprint density at radius 1 is 1.50 bits per heavy atom. The lowest BCUT2D eigenvalue weighted by molar-refractivity contribution is -0.136. The largest absolute Gasteiger partial charge is 0.480 e. The first-order chi connectivity index (χ1) is 6.59. The summed E-state index contributed by atoms with van der Waals surface area (Å²) in [5.74, 6) is -0.856. The zero-order valence-electron chi connectivity index (χ0n) is 7.83. The summed E-state index contributed by atoms with van der Waals surface area (Å²) in [5, 5.41) is 12.0. The third kappa shape index (κ3) is 3.36. The molecule has 0 saturated heterocycles. The Labute approximate surface area is 87.7 Å². The zero-order chi connectivity index (χ0) is 10.6. The lowest BCUT2D eigenvalue weighted by Gasteiger charge is -2.12. The van der Waals surface area contributed by atoms with E-state index in [1.54, 1.807) is 12.1 Å². The molecule has 1 aromatic carbocycles. The minimum Gasteiger partial charge on any atom is -0.480 e. The maximum absolute atomic E-state index is 10.3. The number of carbonyl (C=O) groups is 1. The number of halogens is 1. The molecule has 1 atom stereocenters. The van der Waals surface area contributed by atoms with E-state index in [1.165, 1.54) is 0 Å². The van der Waals surface area contributed by atoms with Crippen molar-refractivity contribution in [2.45, 2.75) is 13.0 Å². The lowest BCUT2D eigenvalue weighted by Crippen LogP contribution is -2.25. The Hall–Kier alpha value is -1.06. The molecule has 14 heavy (non-hydrogen) atoms. The van der Waals surface area contributed by atoms with Gasteiger partial charge in [0.2, 0.25) is 0 Å². The highest BCUT2D eigenvalue weighted by Gasteiger charge is 2.05. The summed E-state index contributed by atoms with van der Waals surface area (Å²) in [6.07, 6.45) is 0. The van der Waals surface area contributed by atoms with E-state index in [1.807, 2.05) is 19.1 Å². The van der Waals surface area contributed by atoms with Crippen molar-refractivity contribution in [3.8, 4) is 0 Å². The number of carboxylic acids is 1. The number of hydrogen-bond donors (Lipinski definition) is 2. The van der Waals surface area contributed by atoms with E-state index < -0.39 is 5.97 Å². The van der Waals surface area contributed by atoms with Gasteiger partial charge in [0.15, 0.2) is 0 Å². The summed E-state index contributed by atoms with van der Waals surface area (Å²) in [7, 11) is 0. The molecule has 0 saturated carbocycles. The molecule has 0 bridgehead atoms. The second kappa shape index (κ2) is 4.98. The quantitative estimate of drug-likeness (QED) is 0.805. The van der Waals surface area contributed by atoms with Gasteiger partial charge < -0.3 is 10.4 Å². The molecule has 1 aromatic rings. The van der Waals surface area contributed by atoms with Crippen molar-refractivity contribution in [3.05, 3.63) is 34.9 Å². The second-order valence-corrected chi connectivity index (χ2v) is 3.48. The van der Waals surface area contributed by atoms with E-state index in [2.05, 4.69) is 5.32 Å². The van der Waals surface area contributed by atoms with Crippen LogP contribution in [0.3, 0.4) is 0 Å². The van der Waals surface area contributed by atoms with Crippen LogP contribution in [0.4, 0.5) is 0 Å². The van der Waals surface area contributed by atoms with Gasteiger partial charge in [0.1, 0.15) is 0 Å². The normalized spacial score (nSPS) is 12.4. The molecule has 0 heterocycles. The number of benzene rings is 1. The van der Waals surface area contributed by atoms with Crippen molar-refractivity contribution in [1.82, 2.24) is 5.32 Å². The number of hydrogen-bond acceptors (Lipinski definition) is 2. The standard InChI is InChI=1S/C10H12ClNO2/c1-7(12-6-10(13)14)8-2-4-9(11)5-3-8/h2-5,7,12H,6H2,1H3,(H,13,14). The molecular formula is C10H12ClNO2. The molecule has 1 unspecified atom stereocenters. The minimum atomic E-state index is -0.856. The van der Waals surface area contributed by atoms with Gasteiger partial charge >= 0.3 is 5.97 Å². The predicted octanol–water partition coefficient (Wildman–Crippen LogP) is 2.08. The molecular weight excluding hydrogens is 202 g/mol. The van der Waals surface area contributed by atoms with E-state index in [-0.39, 0.29) is 12.6 Å². The first-order valence-electron chi connectivity index (χ1n) is 4.30. The summed E-state index contributed by atoms with van der Waals surface area (Å²) in [6.45, 7) is 1.87.